The zero-order valence-corrected chi connectivity index (χ0v) is 11.6. The summed E-state index contributed by atoms with van der Waals surface area (Å²) in [6, 6.07) is 0. The fourth-order valence-electron chi connectivity index (χ4n) is 1.62. The van der Waals surface area contributed by atoms with Crippen molar-refractivity contribution in [1.82, 2.24) is 9.80 Å². The maximum atomic E-state index is 11.4. The van der Waals surface area contributed by atoms with Gasteiger partial charge in [0.25, 0.3) is 11.8 Å². The maximum absolute atomic E-state index is 11.4. The molecule has 20 heavy (non-hydrogen) atoms. The van der Waals surface area contributed by atoms with Gasteiger partial charge in [-0.2, -0.15) is 0 Å². The molecule has 0 saturated heterocycles. The summed E-state index contributed by atoms with van der Waals surface area (Å²) in [4.78, 5) is 47.6. The molecule has 0 aromatic rings. The lowest BCUT2D eigenvalue weighted by atomic mass is 10.4. The van der Waals surface area contributed by atoms with Crippen LogP contribution in [0.25, 0.3) is 0 Å². The number of carbonyl (C=O) groups excluding carboxylic acids is 4. The molecule has 110 valence electrons. The van der Waals surface area contributed by atoms with Crippen molar-refractivity contribution in [2.45, 2.75) is 19.8 Å². The molecule has 0 unspecified atom stereocenters. The largest absolute Gasteiger partial charge is 0.464 e. The Morgan fingerprint density at radius 3 is 2.40 bits per heavy atom. The van der Waals surface area contributed by atoms with Gasteiger partial charge in [0, 0.05) is 32.2 Å². The number of rotatable bonds is 7. The Kier molecular flexibility index (Phi) is 5.89. The topological polar surface area (TPSA) is 84.0 Å². The van der Waals surface area contributed by atoms with E-state index in [0.29, 0.717) is 13.0 Å². The highest BCUT2D eigenvalue weighted by Crippen LogP contribution is 2.04. The molecule has 1 aliphatic rings. The van der Waals surface area contributed by atoms with E-state index in [1.807, 2.05) is 0 Å². The number of hydrogen-bond donors (Lipinski definition) is 0. The Morgan fingerprint density at radius 2 is 1.85 bits per heavy atom. The van der Waals surface area contributed by atoms with Crippen LogP contribution in [0, 0.1) is 0 Å². The summed E-state index contributed by atoms with van der Waals surface area (Å²) in [7, 11) is 1.63. The standard InChI is InChI=1S/C13H18N2O5/c1-3-10(16)14(2)8-9-20-13(19)6-7-15-11(17)4-5-12(15)18/h4-5H,3,6-9H2,1-2H3. The van der Waals surface area contributed by atoms with Gasteiger partial charge in [-0.3, -0.25) is 24.1 Å². The molecule has 7 heteroatoms. The van der Waals surface area contributed by atoms with Crippen molar-refractivity contribution in [3.05, 3.63) is 12.2 Å². The second-order valence-corrected chi connectivity index (χ2v) is 4.30. The molecule has 0 radical (unpaired) electrons. The van der Waals surface area contributed by atoms with Crippen LogP contribution in [0.2, 0.25) is 0 Å². The van der Waals surface area contributed by atoms with Crippen LogP contribution in [0.15, 0.2) is 12.2 Å². The minimum atomic E-state index is -0.505. The van der Waals surface area contributed by atoms with Crippen LogP contribution in [0.4, 0.5) is 0 Å². The van der Waals surface area contributed by atoms with E-state index in [-0.39, 0.29) is 25.5 Å². The number of likely N-dealkylation sites (N-methyl/N-ethyl adjacent to an activating group) is 1. The molecule has 0 fully saturated rings. The van der Waals surface area contributed by atoms with E-state index in [1.165, 1.54) is 17.1 Å². The molecule has 1 rings (SSSR count). The summed E-state index contributed by atoms with van der Waals surface area (Å²) in [6.07, 6.45) is 2.68. The molecule has 0 spiro atoms. The summed E-state index contributed by atoms with van der Waals surface area (Å²) < 4.78 is 4.94. The minimum absolute atomic E-state index is 0.00717. The van der Waals surface area contributed by atoms with Crippen molar-refractivity contribution in [2.24, 2.45) is 0 Å². The number of nitrogens with zero attached hydrogens (tertiary/aromatic N) is 2. The average molecular weight is 282 g/mol. The predicted molar refractivity (Wildman–Crippen MR) is 69.4 cm³/mol. The first-order valence-electron chi connectivity index (χ1n) is 6.38. The zero-order chi connectivity index (χ0) is 15.1. The van der Waals surface area contributed by atoms with Gasteiger partial charge in [-0.05, 0) is 0 Å². The summed E-state index contributed by atoms with van der Waals surface area (Å²) in [6.45, 7) is 2.18. The molecule has 3 amide bonds. The van der Waals surface area contributed by atoms with Gasteiger partial charge in [0.15, 0.2) is 0 Å². The van der Waals surface area contributed by atoms with E-state index >= 15 is 0 Å². The van der Waals surface area contributed by atoms with Crippen molar-refractivity contribution < 1.29 is 23.9 Å². The van der Waals surface area contributed by atoms with Gasteiger partial charge in [-0.15, -0.1) is 0 Å². The molecule has 0 aromatic carbocycles. The van der Waals surface area contributed by atoms with E-state index < -0.39 is 17.8 Å². The second-order valence-electron chi connectivity index (χ2n) is 4.30. The van der Waals surface area contributed by atoms with Gasteiger partial charge < -0.3 is 9.64 Å². The van der Waals surface area contributed by atoms with Gasteiger partial charge in [0.2, 0.25) is 5.91 Å². The Morgan fingerprint density at radius 1 is 1.25 bits per heavy atom. The Balaban J connectivity index is 2.20. The summed E-state index contributed by atoms with van der Waals surface area (Å²) in [5.41, 5.74) is 0. The quantitative estimate of drug-likeness (QED) is 0.473. The van der Waals surface area contributed by atoms with E-state index in [0.717, 1.165) is 4.90 Å². The van der Waals surface area contributed by atoms with Crippen molar-refractivity contribution >= 4 is 23.7 Å². The molecule has 0 saturated carbocycles. The third-order valence-corrected chi connectivity index (χ3v) is 2.86. The minimum Gasteiger partial charge on any atom is -0.464 e. The zero-order valence-electron chi connectivity index (χ0n) is 11.6. The molecule has 7 nitrogen and oxygen atoms in total. The molecular weight excluding hydrogens is 264 g/mol. The van der Waals surface area contributed by atoms with E-state index in [4.69, 9.17) is 4.74 Å². The highest BCUT2D eigenvalue weighted by molar-refractivity contribution is 6.12. The fraction of sp³-hybridized carbons (Fsp3) is 0.538. The fourth-order valence-corrected chi connectivity index (χ4v) is 1.62. The molecule has 0 aliphatic carbocycles. The maximum Gasteiger partial charge on any atom is 0.307 e. The lowest BCUT2D eigenvalue weighted by Crippen LogP contribution is -2.33. The molecule has 0 bridgehead atoms. The van der Waals surface area contributed by atoms with Crippen LogP contribution < -0.4 is 0 Å². The number of imide groups is 1. The first-order valence-corrected chi connectivity index (χ1v) is 6.38. The Hall–Kier alpha value is -2.18. The second kappa shape index (κ2) is 7.42. The highest BCUT2D eigenvalue weighted by atomic mass is 16.5. The first-order chi connectivity index (χ1) is 9.45. The molecular formula is C13H18N2O5. The third-order valence-electron chi connectivity index (χ3n) is 2.86. The van der Waals surface area contributed by atoms with Gasteiger partial charge in [0.1, 0.15) is 6.61 Å². The van der Waals surface area contributed by atoms with Crippen molar-refractivity contribution in [1.29, 1.82) is 0 Å². The van der Waals surface area contributed by atoms with Crippen LogP contribution in [0.1, 0.15) is 19.8 Å². The van der Waals surface area contributed by atoms with Crippen LogP contribution in [-0.2, 0) is 23.9 Å². The van der Waals surface area contributed by atoms with Gasteiger partial charge >= 0.3 is 5.97 Å². The molecule has 0 atom stereocenters. The average Bonchev–Trinajstić information content (AvgIpc) is 2.74. The monoisotopic (exact) mass is 282 g/mol. The van der Waals surface area contributed by atoms with Gasteiger partial charge in [-0.1, -0.05) is 6.92 Å². The lowest BCUT2D eigenvalue weighted by molar-refractivity contribution is -0.146. The number of amides is 3. The highest BCUT2D eigenvalue weighted by Gasteiger charge is 2.23. The Labute approximate surface area is 117 Å². The molecule has 1 aliphatic heterocycles. The number of carbonyl (C=O) groups is 4. The summed E-state index contributed by atoms with van der Waals surface area (Å²) in [5, 5.41) is 0. The van der Waals surface area contributed by atoms with Crippen molar-refractivity contribution in [3.63, 3.8) is 0 Å². The lowest BCUT2D eigenvalue weighted by Gasteiger charge is -2.16. The molecule has 1 heterocycles. The van der Waals surface area contributed by atoms with Crippen LogP contribution >= 0.6 is 0 Å². The normalized spacial score (nSPS) is 13.8. The first kappa shape index (κ1) is 15.9. The van der Waals surface area contributed by atoms with Crippen molar-refractivity contribution in [3.8, 4) is 0 Å². The molecule has 0 aromatic heterocycles. The van der Waals surface area contributed by atoms with Gasteiger partial charge in [-0.25, -0.2) is 0 Å². The SMILES string of the molecule is CCC(=O)N(C)CCOC(=O)CCN1C(=O)C=CC1=O. The smallest absolute Gasteiger partial charge is 0.307 e. The Bertz CT molecular complexity index is 426. The van der Waals surface area contributed by atoms with E-state index in [1.54, 1.807) is 14.0 Å². The van der Waals surface area contributed by atoms with Crippen LogP contribution in [0.3, 0.4) is 0 Å². The van der Waals surface area contributed by atoms with Crippen LogP contribution in [0.5, 0.6) is 0 Å². The predicted octanol–water partition coefficient (Wildman–Crippen LogP) is -0.287. The summed E-state index contributed by atoms with van der Waals surface area (Å²) in [5.74, 6) is -1.37. The third kappa shape index (κ3) is 4.49. The van der Waals surface area contributed by atoms with E-state index in [2.05, 4.69) is 0 Å². The van der Waals surface area contributed by atoms with Gasteiger partial charge in [0.05, 0.1) is 13.0 Å². The van der Waals surface area contributed by atoms with E-state index in [9.17, 15) is 19.2 Å². The molecule has 0 N–H and O–H groups in total. The number of esters is 1. The van der Waals surface area contributed by atoms with Crippen molar-refractivity contribution in [2.75, 3.05) is 26.7 Å². The summed E-state index contributed by atoms with van der Waals surface area (Å²) >= 11 is 0. The number of hydrogen-bond acceptors (Lipinski definition) is 5. The number of ether oxygens (including phenoxy) is 1. The van der Waals surface area contributed by atoms with Crippen LogP contribution in [-0.4, -0.2) is 60.2 Å².